The van der Waals surface area contributed by atoms with Gasteiger partial charge in [0, 0.05) is 28.1 Å². The van der Waals surface area contributed by atoms with Crippen LogP contribution in [0.25, 0.3) is 10.9 Å². The summed E-state index contributed by atoms with van der Waals surface area (Å²) < 4.78 is 3.01. The molecule has 1 aromatic heterocycles. The van der Waals surface area contributed by atoms with Crippen molar-refractivity contribution in [3.8, 4) is 0 Å². The van der Waals surface area contributed by atoms with Gasteiger partial charge in [0.1, 0.15) is 5.56 Å². The number of carbonyl (C=O) groups is 1. The van der Waals surface area contributed by atoms with Gasteiger partial charge in [0.2, 0.25) is 5.43 Å². The number of fused-ring (bicyclic) bond motifs is 1. The lowest BCUT2D eigenvalue weighted by atomic mass is 9.53. The molecule has 1 heterocycles. The van der Waals surface area contributed by atoms with E-state index in [0.717, 1.165) is 72.8 Å². The minimum atomic E-state index is -0.173. The summed E-state index contributed by atoms with van der Waals surface area (Å²) in [5.74, 6) is 2.10. The highest BCUT2D eigenvalue weighted by molar-refractivity contribution is 9.10. The van der Waals surface area contributed by atoms with Crippen molar-refractivity contribution in [1.82, 2.24) is 9.88 Å². The molecular weight excluding hydrogens is 440 g/mol. The number of rotatable bonds is 6. The molecule has 1 aromatic carbocycles. The number of aryl methyl sites for hydroxylation is 1. The van der Waals surface area contributed by atoms with E-state index in [2.05, 4.69) is 32.7 Å². The van der Waals surface area contributed by atoms with Gasteiger partial charge in [-0.2, -0.15) is 0 Å². The largest absolute Gasteiger partial charge is 0.346 e. The van der Waals surface area contributed by atoms with Crippen molar-refractivity contribution in [1.29, 1.82) is 0 Å². The number of pyridine rings is 1. The van der Waals surface area contributed by atoms with Crippen LogP contribution >= 0.6 is 15.9 Å². The Labute approximate surface area is 186 Å². The fourth-order valence-electron chi connectivity index (χ4n) is 6.86. The Kier molecular flexibility index (Phi) is 5.29. The zero-order chi connectivity index (χ0) is 20.9. The van der Waals surface area contributed by atoms with Crippen molar-refractivity contribution < 1.29 is 4.79 Å². The molecule has 0 atom stereocenters. The Morgan fingerprint density at radius 1 is 1.13 bits per heavy atom. The van der Waals surface area contributed by atoms with E-state index in [4.69, 9.17) is 0 Å². The lowest BCUT2D eigenvalue weighted by Crippen LogP contribution is -2.60. The normalized spacial score (nSPS) is 29.5. The number of hydrogen-bond acceptors (Lipinski definition) is 2. The molecule has 0 saturated heterocycles. The fraction of sp³-hybridized carbons (Fsp3) is 0.600. The third-order valence-electron chi connectivity index (χ3n) is 7.71. The average molecular weight is 471 g/mol. The van der Waals surface area contributed by atoms with E-state index in [-0.39, 0.29) is 16.9 Å². The zero-order valence-electron chi connectivity index (χ0n) is 17.8. The van der Waals surface area contributed by atoms with Crippen molar-refractivity contribution in [2.45, 2.75) is 76.8 Å². The predicted octanol–water partition coefficient (Wildman–Crippen LogP) is 5.65. The molecule has 5 heteroatoms. The molecule has 4 aliphatic rings. The molecular formula is C25H31BrN2O2. The lowest BCUT2D eigenvalue weighted by molar-refractivity contribution is -0.0167. The van der Waals surface area contributed by atoms with Gasteiger partial charge in [0.15, 0.2) is 0 Å². The van der Waals surface area contributed by atoms with Crippen LogP contribution in [0.3, 0.4) is 0 Å². The van der Waals surface area contributed by atoms with Gasteiger partial charge in [-0.3, -0.25) is 9.59 Å². The van der Waals surface area contributed by atoms with Crippen molar-refractivity contribution in [2.75, 3.05) is 0 Å². The molecule has 4 aliphatic carbocycles. The van der Waals surface area contributed by atoms with Gasteiger partial charge in [0.05, 0.1) is 5.52 Å². The third-order valence-corrected chi connectivity index (χ3v) is 8.35. The second kappa shape index (κ2) is 7.81. The van der Waals surface area contributed by atoms with Crippen molar-refractivity contribution in [3.05, 3.63) is 44.7 Å². The molecule has 30 heavy (non-hydrogen) atoms. The van der Waals surface area contributed by atoms with E-state index in [0.29, 0.717) is 10.9 Å². The molecule has 0 unspecified atom stereocenters. The van der Waals surface area contributed by atoms with Gasteiger partial charge in [0.25, 0.3) is 5.91 Å². The molecule has 4 bridgehead atoms. The summed E-state index contributed by atoms with van der Waals surface area (Å²) in [6.45, 7) is 2.99. The van der Waals surface area contributed by atoms with Crippen molar-refractivity contribution >= 4 is 32.7 Å². The lowest BCUT2D eigenvalue weighted by Gasteiger charge is -2.56. The maximum atomic E-state index is 13.4. The molecule has 2 aromatic rings. The first-order valence-electron chi connectivity index (χ1n) is 11.6. The van der Waals surface area contributed by atoms with Crippen molar-refractivity contribution in [3.63, 3.8) is 0 Å². The molecule has 0 aliphatic heterocycles. The SMILES string of the molecule is CCCCCn1cc(C(=O)NC23CC4CC(CC(C4)C2)C3)c(=O)c2cccc(Br)c21. The van der Waals surface area contributed by atoms with E-state index >= 15 is 0 Å². The third kappa shape index (κ3) is 3.53. The number of hydrogen-bond donors (Lipinski definition) is 1. The summed E-state index contributed by atoms with van der Waals surface area (Å²) in [6, 6.07) is 5.69. The molecule has 0 radical (unpaired) electrons. The topological polar surface area (TPSA) is 51.1 Å². The number of aromatic nitrogens is 1. The van der Waals surface area contributed by atoms with Crippen LogP contribution in [0.2, 0.25) is 0 Å². The first kappa shape index (κ1) is 20.3. The molecule has 1 amide bonds. The minimum Gasteiger partial charge on any atom is -0.346 e. The van der Waals surface area contributed by atoms with Crippen LogP contribution in [0.15, 0.2) is 33.7 Å². The van der Waals surface area contributed by atoms with Gasteiger partial charge >= 0.3 is 0 Å². The standard InChI is InChI=1S/C25H31BrN2O2/c1-2-3-4-8-28-15-20(23(29)19-6-5-7-21(26)22(19)28)24(30)27-25-12-16-9-17(13-25)11-18(10-16)14-25/h5-7,15-18H,2-4,8-14H2,1H3,(H,27,30). The van der Waals surface area contributed by atoms with Gasteiger partial charge in [-0.15, -0.1) is 0 Å². The molecule has 1 N–H and O–H groups in total. The number of para-hydroxylation sites is 1. The van der Waals surface area contributed by atoms with Gasteiger partial charge < -0.3 is 9.88 Å². The molecule has 6 rings (SSSR count). The first-order valence-corrected chi connectivity index (χ1v) is 12.4. The number of carbonyl (C=O) groups excluding carboxylic acids is 1. The Morgan fingerprint density at radius 2 is 1.80 bits per heavy atom. The number of unbranched alkanes of at least 4 members (excludes halogenated alkanes) is 2. The number of nitrogens with one attached hydrogen (secondary N) is 1. The summed E-state index contributed by atoms with van der Waals surface area (Å²) in [7, 11) is 0. The van der Waals surface area contributed by atoms with Gasteiger partial charge in [-0.1, -0.05) is 25.8 Å². The van der Waals surface area contributed by atoms with E-state index in [1.165, 1.54) is 19.3 Å². The van der Waals surface area contributed by atoms with Crippen LogP contribution in [0.5, 0.6) is 0 Å². The summed E-state index contributed by atoms with van der Waals surface area (Å²) in [5.41, 5.74) is 0.954. The number of amides is 1. The maximum absolute atomic E-state index is 13.4. The molecule has 0 spiro atoms. The first-order chi connectivity index (χ1) is 14.5. The van der Waals surface area contributed by atoms with Crippen LogP contribution in [0.1, 0.15) is 75.1 Å². The van der Waals surface area contributed by atoms with E-state index in [1.54, 1.807) is 6.20 Å². The maximum Gasteiger partial charge on any atom is 0.257 e. The van der Waals surface area contributed by atoms with Crippen LogP contribution in [-0.2, 0) is 6.54 Å². The van der Waals surface area contributed by atoms with Crippen LogP contribution in [0, 0.1) is 17.8 Å². The highest BCUT2D eigenvalue weighted by atomic mass is 79.9. The van der Waals surface area contributed by atoms with Crippen LogP contribution in [0.4, 0.5) is 0 Å². The Bertz CT molecular complexity index is 1010. The summed E-state index contributed by atoms with van der Waals surface area (Å²) >= 11 is 3.62. The number of benzene rings is 1. The number of nitrogens with zero attached hydrogens (tertiary/aromatic N) is 1. The second-order valence-corrected chi connectivity index (χ2v) is 10.9. The van der Waals surface area contributed by atoms with Gasteiger partial charge in [-0.05, 0) is 90.8 Å². The summed E-state index contributed by atoms with van der Waals surface area (Å²) in [4.78, 5) is 26.7. The Morgan fingerprint density at radius 3 is 2.43 bits per heavy atom. The van der Waals surface area contributed by atoms with E-state index in [9.17, 15) is 9.59 Å². The molecule has 160 valence electrons. The molecule has 4 saturated carbocycles. The highest BCUT2D eigenvalue weighted by Crippen LogP contribution is 2.55. The minimum absolute atomic E-state index is 0.0858. The summed E-state index contributed by atoms with van der Waals surface area (Å²) in [6.07, 6.45) is 12.4. The second-order valence-electron chi connectivity index (χ2n) is 10.1. The molecule has 4 fully saturated rings. The zero-order valence-corrected chi connectivity index (χ0v) is 19.3. The monoisotopic (exact) mass is 470 g/mol. The highest BCUT2D eigenvalue weighted by Gasteiger charge is 2.51. The van der Waals surface area contributed by atoms with Gasteiger partial charge in [-0.25, -0.2) is 0 Å². The fourth-order valence-corrected chi connectivity index (χ4v) is 7.45. The average Bonchev–Trinajstić information content (AvgIpc) is 2.68. The Balaban J connectivity index is 1.50. The van der Waals surface area contributed by atoms with Crippen LogP contribution in [-0.4, -0.2) is 16.0 Å². The van der Waals surface area contributed by atoms with E-state index < -0.39 is 0 Å². The smallest absolute Gasteiger partial charge is 0.257 e. The molecule has 4 nitrogen and oxygen atoms in total. The van der Waals surface area contributed by atoms with Crippen molar-refractivity contribution in [2.24, 2.45) is 17.8 Å². The predicted molar refractivity (Wildman–Crippen MR) is 124 cm³/mol. The Hall–Kier alpha value is -1.62. The quantitative estimate of drug-likeness (QED) is 0.554. The number of halogens is 1. The summed E-state index contributed by atoms with van der Waals surface area (Å²) in [5, 5.41) is 4.02. The van der Waals surface area contributed by atoms with E-state index in [1.807, 2.05) is 18.2 Å². The van der Waals surface area contributed by atoms with Crippen LogP contribution < -0.4 is 10.7 Å².